The summed E-state index contributed by atoms with van der Waals surface area (Å²) in [6.07, 6.45) is -10.8. The molecule has 0 radical (unpaired) electrons. The van der Waals surface area contributed by atoms with E-state index >= 15 is 0 Å². The summed E-state index contributed by atoms with van der Waals surface area (Å²) in [5, 5.41) is 5.86. The summed E-state index contributed by atoms with van der Waals surface area (Å²) < 4.78 is 84.0. The first-order valence-corrected chi connectivity index (χ1v) is 53.5. The van der Waals surface area contributed by atoms with Gasteiger partial charge in [0.15, 0.2) is 47.7 Å². The van der Waals surface area contributed by atoms with Crippen molar-refractivity contribution < 1.29 is 128 Å². The molecule has 0 aliphatic carbocycles. The minimum absolute atomic E-state index is 0.0915. The number of imide groups is 3. The van der Waals surface area contributed by atoms with Gasteiger partial charge in [0.1, 0.15) is 86.1 Å². The predicted octanol–water partition coefficient (Wildman–Crippen LogP) is 21.1. The maximum Gasteiger partial charge on any atom is 0.515 e. The van der Waals surface area contributed by atoms with E-state index in [0.29, 0.717) is 25.8 Å². The van der Waals surface area contributed by atoms with E-state index in [1.165, 1.54) is 6.20 Å². The van der Waals surface area contributed by atoms with E-state index in [4.69, 9.17) is 70.1 Å². The summed E-state index contributed by atoms with van der Waals surface area (Å²) >= 11 is 0. The van der Waals surface area contributed by atoms with E-state index in [2.05, 4.69) is 139 Å². The minimum Gasteiger partial charge on any atom is -0.443 e. The first-order chi connectivity index (χ1) is 60.3. The molecule has 40 nitrogen and oxygen atoms in total. The van der Waals surface area contributed by atoms with Crippen LogP contribution in [0.15, 0.2) is 6.20 Å². The van der Waals surface area contributed by atoms with Gasteiger partial charge in [0.05, 0.1) is 17.3 Å². The van der Waals surface area contributed by atoms with Gasteiger partial charge in [-0.05, 0) is 275 Å². The second-order valence-corrected chi connectivity index (χ2v) is 60.7. The molecule has 43 heteroatoms. The Hall–Kier alpha value is -10.2. The Kier molecular flexibility index (Phi) is 37.1. The smallest absolute Gasteiger partial charge is 0.443 e. The number of carbonyl (C=O) groups is 12. The van der Waals surface area contributed by atoms with Crippen LogP contribution < -0.4 is 39.5 Å². The third kappa shape index (κ3) is 36.6. The molecule has 4 aromatic heterocycles. The molecule has 0 spiro atoms. The lowest BCUT2D eigenvalue weighted by Crippen LogP contribution is -2.47. The molecular formula is C92H151N13O27Si3. The molecular weight excluding hydrogens is 1800 g/mol. The Morgan fingerprint density at radius 2 is 0.563 bits per heavy atom. The number of fused-ring (bicyclic) bond motifs is 3. The minimum atomic E-state index is -2.32. The number of aromatic nitrogens is 8. The van der Waals surface area contributed by atoms with Gasteiger partial charge in [-0.1, -0.05) is 62.3 Å². The van der Waals surface area contributed by atoms with Gasteiger partial charge in [-0.15, -0.1) is 14.7 Å². The van der Waals surface area contributed by atoms with Gasteiger partial charge in [0.2, 0.25) is 35.4 Å². The van der Waals surface area contributed by atoms with Gasteiger partial charge >= 0.3 is 55.0 Å². The summed E-state index contributed by atoms with van der Waals surface area (Å²) in [5.41, 5.74) is -8.57. The Morgan fingerprint density at radius 1 is 0.326 bits per heavy atom. The number of anilines is 5. The number of ether oxygens (including phenoxy) is 12. The van der Waals surface area contributed by atoms with Crippen LogP contribution in [0.4, 0.5) is 72.6 Å². The van der Waals surface area contributed by atoms with Gasteiger partial charge in [0, 0.05) is 24.9 Å². The fourth-order valence-corrected chi connectivity index (χ4v) is 15.1. The number of nitrogens with one attached hydrogen (secondary N) is 2. The van der Waals surface area contributed by atoms with Crippen LogP contribution in [0.1, 0.15) is 292 Å². The molecule has 0 saturated carbocycles. The Balaban J connectivity index is 0.000000423. The van der Waals surface area contributed by atoms with Gasteiger partial charge in [-0.3, -0.25) is 14.4 Å². The Labute approximate surface area is 798 Å². The van der Waals surface area contributed by atoms with Crippen LogP contribution in [-0.4, -0.2) is 219 Å². The lowest BCUT2D eigenvalue weighted by molar-refractivity contribution is -0.129. The van der Waals surface area contributed by atoms with Crippen molar-refractivity contribution in [2.45, 2.75) is 406 Å². The number of nitrogens with zero attached hydrogens (tertiary/aromatic N) is 11. The van der Waals surface area contributed by atoms with E-state index in [1.54, 1.807) is 208 Å². The highest BCUT2D eigenvalue weighted by molar-refractivity contribution is 6.75. The number of Topliss-reactive ketones (excluding diaryl/α,β-unsaturated/α-hetero) is 3. The average Bonchev–Trinajstić information content (AvgIpc) is 0.775. The fourth-order valence-electron chi connectivity index (χ4n) is 11.1. The second kappa shape index (κ2) is 42.8. The van der Waals surface area contributed by atoms with Crippen molar-refractivity contribution >= 4 is 138 Å². The van der Waals surface area contributed by atoms with Crippen LogP contribution in [0.5, 0.6) is 17.6 Å². The van der Waals surface area contributed by atoms with Gasteiger partial charge in [0.25, 0.3) is 5.88 Å². The number of rotatable bonds is 18. The van der Waals surface area contributed by atoms with E-state index in [0.717, 1.165) is 0 Å². The molecule has 0 fully saturated rings. The van der Waals surface area contributed by atoms with E-state index in [9.17, 15) is 57.5 Å². The van der Waals surface area contributed by atoms with E-state index in [1.807, 2.05) is 13.1 Å². The zero-order valence-corrected chi connectivity index (χ0v) is 91.2. The highest BCUT2D eigenvalue weighted by Gasteiger charge is 2.48. The number of hydrogen-bond acceptors (Lipinski definition) is 37. The molecule has 0 saturated heterocycles. The number of hydrogen-bond donors (Lipinski definition) is 2. The summed E-state index contributed by atoms with van der Waals surface area (Å²) in [7, 11) is -6.81. The molecule has 6 heterocycles. The fraction of sp³-hybridized carbons (Fsp3) is 0.717. The van der Waals surface area contributed by atoms with Gasteiger partial charge in [-0.2, -0.15) is 29.9 Å². The molecule has 4 aromatic rings. The molecule has 0 bridgehead atoms. The lowest BCUT2D eigenvalue weighted by Gasteiger charge is -2.39. The Bertz CT molecular complexity index is 4720. The third-order valence-electron chi connectivity index (χ3n) is 20.0. The van der Waals surface area contributed by atoms with Crippen LogP contribution in [0, 0.1) is 11.8 Å². The zero-order chi connectivity index (χ0) is 105. The van der Waals surface area contributed by atoms with Crippen LogP contribution in [0.2, 0.25) is 54.4 Å². The summed E-state index contributed by atoms with van der Waals surface area (Å²) in [6.45, 7) is 80.8. The summed E-state index contributed by atoms with van der Waals surface area (Å²) in [4.78, 5) is 195. The van der Waals surface area contributed by atoms with Crippen molar-refractivity contribution in [3.8, 4) is 17.6 Å². The first-order valence-electron chi connectivity index (χ1n) is 44.8. The third-order valence-corrected chi connectivity index (χ3v) is 33.7. The standard InChI is InChI=1S/2C31H52N4O9Si.C30H47N5O9Si/c2*1-18(44-45(14,15)31(11,12)13)21(36)19-16-20-22(32-17-19)33-24(34-23(20)40-27(39)43-30(8,9)10)35(25(37)41-28(2,3)4)26(38)42-29(5,6)7;1-17(44-45(14,15)30(11,12)13)20(36)18-16-31-21-19(32-18)22(40-26(39)43-29(8,9)10)34-23(33-21)35(24(37)41-27(2,3)4)25(38)42-28(5,6)7/h2*18-19H,16-17H2,1-15H3,(H,32,33,34);16-17H,1-15H3/t18-,19+;18-,19-;17-/m000/s1. The number of carbonyl (C=O) groups excluding carboxylic acids is 12. The molecule has 758 valence electrons. The molecule has 6 rings (SSSR count). The van der Waals surface area contributed by atoms with E-state index in [-0.39, 0.29) is 92.9 Å². The quantitative estimate of drug-likeness (QED) is 0.0404. The topological polar surface area (TPSA) is 480 Å². The normalized spacial score (nSPS) is 15.5. The van der Waals surface area contributed by atoms with Crippen molar-refractivity contribution in [1.29, 1.82) is 0 Å². The molecule has 0 unspecified atom stereocenters. The van der Waals surface area contributed by atoms with Gasteiger partial charge in [-0.25, -0.2) is 53.1 Å². The lowest BCUT2D eigenvalue weighted by atomic mass is 9.90. The second-order valence-electron chi connectivity index (χ2n) is 46.4. The van der Waals surface area contributed by atoms with Crippen LogP contribution in [0.25, 0.3) is 11.2 Å². The number of ketones is 3. The molecule has 2 N–H and O–H groups in total. The zero-order valence-electron chi connectivity index (χ0n) is 88.2. The average molecular weight is 1960 g/mol. The van der Waals surface area contributed by atoms with Crippen molar-refractivity contribution in [2.24, 2.45) is 11.8 Å². The summed E-state index contributed by atoms with van der Waals surface area (Å²) in [5.74, 6) is -4.13. The van der Waals surface area contributed by atoms with Crippen LogP contribution >= 0.6 is 0 Å². The molecule has 135 heavy (non-hydrogen) atoms. The van der Waals surface area contributed by atoms with Crippen LogP contribution in [0.3, 0.4) is 0 Å². The van der Waals surface area contributed by atoms with Crippen molar-refractivity contribution in [3.63, 3.8) is 0 Å². The van der Waals surface area contributed by atoms with Crippen molar-refractivity contribution in [2.75, 3.05) is 38.4 Å². The maximum absolute atomic E-state index is 13.6. The van der Waals surface area contributed by atoms with Crippen LogP contribution in [-0.2, 0) is 78.3 Å². The molecule has 0 aromatic carbocycles. The largest absolute Gasteiger partial charge is 0.515 e. The monoisotopic (exact) mass is 1950 g/mol. The van der Waals surface area contributed by atoms with Gasteiger partial charge < -0.3 is 80.8 Å². The predicted molar refractivity (Wildman–Crippen MR) is 514 cm³/mol. The molecule has 5 atom stereocenters. The summed E-state index contributed by atoms with van der Waals surface area (Å²) in [6, 6.07) is 0. The van der Waals surface area contributed by atoms with Crippen molar-refractivity contribution in [3.05, 3.63) is 23.0 Å². The number of amides is 6. The highest BCUT2D eigenvalue weighted by atomic mass is 28.4. The Morgan fingerprint density at radius 3 is 0.815 bits per heavy atom. The highest BCUT2D eigenvalue weighted by Crippen LogP contribution is 2.44. The maximum atomic E-state index is 13.6. The SMILES string of the molecule is C[C@H](O[Si](C)(C)C(C)(C)C)C(=O)[C@@H]1CNc2nc(N(C(=O)OC(C)(C)C)C(=O)OC(C)(C)C)nc(OC(=O)OC(C)(C)C)c2C1.C[C@H](O[Si](C)(C)C(C)(C)C)C(=O)[C@H]1CNc2nc(N(C(=O)OC(C)(C)C)C(=O)OC(C)(C)C)nc(OC(=O)OC(C)(C)C)c2C1.C[C@H](O[Si](C)(C)C(C)(C)C)C(=O)c1cnc2nc(N(C(=O)OC(C)(C)C)C(=O)OC(C)(C)C)nc(OC(=O)OC(C)(C)C)c2n1. The molecule has 6 amide bonds. The molecule has 2 aliphatic heterocycles. The van der Waals surface area contributed by atoms with E-state index < -0.39 is 190 Å². The first kappa shape index (κ1) is 117. The molecule has 2 aliphatic rings. The van der Waals surface area contributed by atoms with Crippen molar-refractivity contribution in [1.82, 2.24) is 39.9 Å².